The van der Waals surface area contributed by atoms with Crippen molar-refractivity contribution in [3.63, 3.8) is 0 Å². The Labute approximate surface area is 165 Å². The molecule has 27 heavy (non-hydrogen) atoms. The van der Waals surface area contributed by atoms with Crippen molar-refractivity contribution in [2.24, 2.45) is 0 Å². The van der Waals surface area contributed by atoms with E-state index in [0.29, 0.717) is 28.2 Å². The van der Waals surface area contributed by atoms with Crippen LogP contribution in [-0.2, 0) is 0 Å². The molecule has 0 aliphatic carbocycles. The van der Waals surface area contributed by atoms with Gasteiger partial charge in [0.2, 0.25) is 5.89 Å². The number of carbonyl (C=O) groups excluding carboxylic acids is 1. The van der Waals surface area contributed by atoms with Crippen molar-refractivity contribution < 1.29 is 9.21 Å². The number of fused-ring (bicyclic) bond motifs is 1. The topological polar surface area (TPSA) is 55.1 Å². The number of carbonyl (C=O) groups is 1. The number of aromatic nitrogens is 1. The predicted octanol–water partition coefficient (Wildman–Crippen LogP) is 6.13. The van der Waals surface area contributed by atoms with Crippen LogP contribution in [0.3, 0.4) is 0 Å². The second kappa shape index (κ2) is 7.00. The Morgan fingerprint density at radius 2 is 1.67 bits per heavy atom. The lowest BCUT2D eigenvalue weighted by Crippen LogP contribution is -2.11. The van der Waals surface area contributed by atoms with E-state index in [-0.39, 0.29) is 5.91 Å². The van der Waals surface area contributed by atoms with Gasteiger partial charge in [-0.05, 0) is 68.4 Å². The number of rotatable bonds is 3. The fourth-order valence-electron chi connectivity index (χ4n) is 3.03. The summed E-state index contributed by atoms with van der Waals surface area (Å²) in [4.78, 5) is 17.0. The van der Waals surface area contributed by atoms with Gasteiger partial charge in [0.15, 0.2) is 5.58 Å². The molecule has 0 radical (unpaired) electrons. The lowest BCUT2D eigenvalue weighted by molar-refractivity contribution is 0.102. The fourth-order valence-corrected chi connectivity index (χ4v) is 3.30. The maximum absolute atomic E-state index is 12.4. The smallest absolute Gasteiger partial charge is 0.255 e. The normalized spacial score (nSPS) is 10.9. The van der Waals surface area contributed by atoms with Crippen LogP contribution < -0.4 is 5.32 Å². The molecule has 1 N–H and O–H groups in total. The Hall–Kier alpha value is -2.92. The summed E-state index contributed by atoms with van der Waals surface area (Å²) in [6.45, 7) is 4.10. The monoisotopic (exact) mass is 420 g/mol. The molecule has 3 aromatic carbocycles. The first-order valence-electron chi connectivity index (χ1n) is 8.54. The Bertz CT molecular complexity index is 1130. The molecule has 5 heteroatoms. The van der Waals surface area contributed by atoms with Crippen molar-refractivity contribution in [3.8, 4) is 11.5 Å². The minimum Gasteiger partial charge on any atom is -0.436 e. The molecular weight excluding hydrogens is 404 g/mol. The number of aryl methyl sites for hydroxylation is 2. The first-order valence-corrected chi connectivity index (χ1v) is 9.33. The van der Waals surface area contributed by atoms with Gasteiger partial charge in [0.05, 0.1) is 0 Å². The molecule has 0 fully saturated rings. The van der Waals surface area contributed by atoms with Crippen LogP contribution in [0.5, 0.6) is 0 Å². The van der Waals surface area contributed by atoms with Crippen LogP contribution in [0.25, 0.3) is 22.6 Å². The molecule has 0 aliphatic rings. The fraction of sp³-hybridized carbons (Fsp3) is 0.0909. The maximum atomic E-state index is 12.4. The Kier molecular flexibility index (Phi) is 4.54. The number of hydrogen-bond donors (Lipinski definition) is 1. The highest BCUT2D eigenvalue weighted by atomic mass is 79.9. The number of nitrogens with one attached hydrogen (secondary N) is 1. The van der Waals surface area contributed by atoms with Gasteiger partial charge in [0.1, 0.15) is 5.52 Å². The number of halogens is 1. The van der Waals surface area contributed by atoms with Gasteiger partial charge in [-0.2, -0.15) is 0 Å². The first-order chi connectivity index (χ1) is 13.0. The number of nitrogens with zero attached hydrogens (tertiary/aromatic N) is 1. The van der Waals surface area contributed by atoms with Crippen molar-refractivity contribution in [3.05, 3.63) is 81.8 Å². The zero-order valence-corrected chi connectivity index (χ0v) is 16.5. The van der Waals surface area contributed by atoms with Crippen LogP contribution >= 0.6 is 15.9 Å². The minimum atomic E-state index is -0.167. The SMILES string of the molecule is Cc1cc(C)cc(-c2nc3cc(NC(=O)c4ccc(Br)cc4)ccc3o2)c1. The summed E-state index contributed by atoms with van der Waals surface area (Å²) < 4.78 is 6.83. The van der Waals surface area contributed by atoms with E-state index in [0.717, 1.165) is 21.2 Å². The van der Waals surface area contributed by atoms with Gasteiger partial charge >= 0.3 is 0 Å². The summed E-state index contributed by atoms with van der Waals surface area (Å²) in [6.07, 6.45) is 0. The summed E-state index contributed by atoms with van der Waals surface area (Å²) in [5, 5.41) is 2.90. The lowest BCUT2D eigenvalue weighted by Gasteiger charge is -2.05. The van der Waals surface area contributed by atoms with E-state index >= 15 is 0 Å². The van der Waals surface area contributed by atoms with Crippen LogP contribution in [0, 0.1) is 13.8 Å². The van der Waals surface area contributed by atoms with E-state index in [2.05, 4.69) is 46.1 Å². The van der Waals surface area contributed by atoms with E-state index in [1.54, 1.807) is 12.1 Å². The third-order valence-corrected chi connectivity index (χ3v) is 4.75. The summed E-state index contributed by atoms with van der Waals surface area (Å²) in [7, 11) is 0. The van der Waals surface area contributed by atoms with Gasteiger partial charge in [0, 0.05) is 21.3 Å². The first kappa shape index (κ1) is 17.5. The van der Waals surface area contributed by atoms with Crippen LogP contribution in [0.1, 0.15) is 21.5 Å². The number of oxazole rings is 1. The third kappa shape index (κ3) is 3.78. The van der Waals surface area contributed by atoms with Gasteiger partial charge in [0.25, 0.3) is 5.91 Å². The van der Waals surface area contributed by atoms with Gasteiger partial charge in [-0.25, -0.2) is 4.98 Å². The highest BCUT2D eigenvalue weighted by molar-refractivity contribution is 9.10. The Morgan fingerprint density at radius 3 is 2.37 bits per heavy atom. The number of benzene rings is 3. The molecule has 0 saturated carbocycles. The van der Waals surface area contributed by atoms with Gasteiger partial charge < -0.3 is 9.73 Å². The quantitative estimate of drug-likeness (QED) is 0.433. The standard InChI is InChI=1S/C22H17BrN2O2/c1-13-9-14(2)11-16(10-13)22-25-19-12-18(7-8-20(19)27-22)24-21(26)15-3-5-17(23)6-4-15/h3-12H,1-2H3,(H,24,26). The van der Waals surface area contributed by atoms with E-state index in [1.807, 2.05) is 42.5 Å². The van der Waals surface area contributed by atoms with E-state index in [1.165, 1.54) is 0 Å². The zero-order valence-electron chi connectivity index (χ0n) is 14.9. The summed E-state index contributed by atoms with van der Waals surface area (Å²) in [5.41, 5.74) is 5.93. The Balaban J connectivity index is 1.62. The van der Waals surface area contributed by atoms with Crippen molar-refractivity contribution >= 4 is 38.6 Å². The van der Waals surface area contributed by atoms with Crippen molar-refractivity contribution in [1.29, 1.82) is 0 Å². The molecular formula is C22H17BrN2O2. The van der Waals surface area contributed by atoms with Gasteiger partial charge in [-0.3, -0.25) is 4.79 Å². The molecule has 4 rings (SSSR count). The van der Waals surface area contributed by atoms with Crippen LogP contribution in [0.15, 0.2) is 69.6 Å². The second-order valence-electron chi connectivity index (χ2n) is 6.54. The average molecular weight is 421 g/mol. The molecule has 0 aliphatic heterocycles. The Morgan fingerprint density at radius 1 is 0.963 bits per heavy atom. The second-order valence-corrected chi connectivity index (χ2v) is 7.45. The van der Waals surface area contributed by atoms with E-state index < -0.39 is 0 Å². The largest absolute Gasteiger partial charge is 0.436 e. The van der Waals surface area contributed by atoms with Crippen molar-refractivity contribution in [1.82, 2.24) is 4.98 Å². The van der Waals surface area contributed by atoms with Crippen LogP contribution in [0.4, 0.5) is 5.69 Å². The zero-order chi connectivity index (χ0) is 19.0. The van der Waals surface area contributed by atoms with E-state index in [4.69, 9.17) is 4.42 Å². The van der Waals surface area contributed by atoms with E-state index in [9.17, 15) is 4.79 Å². The third-order valence-electron chi connectivity index (χ3n) is 4.22. The van der Waals surface area contributed by atoms with Crippen molar-refractivity contribution in [2.45, 2.75) is 13.8 Å². The molecule has 0 unspecified atom stereocenters. The lowest BCUT2D eigenvalue weighted by atomic mass is 10.1. The molecule has 0 saturated heterocycles. The highest BCUT2D eigenvalue weighted by Gasteiger charge is 2.11. The summed E-state index contributed by atoms with van der Waals surface area (Å²) in [5.74, 6) is 0.410. The summed E-state index contributed by atoms with van der Waals surface area (Å²) >= 11 is 3.37. The predicted molar refractivity (Wildman–Crippen MR) is 111 cm³/mol. The van der Waals surface area contributed by atoms with Gasteiger partial charge in [-0.1, -0.05) is 33.1 Å². The van der Waals surface area contributed by atoms with Crippen LogP contribution in [0.2, 0.25) is 0 Å². The van der Waals surface area contributed by atoms with Crippen LogP contribution in [-0.4, -0.2) is 10.9 Å². The molecule has 0 atom stereocenters. The van der Waals surface area contributed by atoms with Gasteiger partial charge in [-0.15, -0.1) is 0 Å². The maximum Gasteiger partial charge on any atom is 0.255 e. The molecule has 1 amide bonds. The molecule has 1 heterocycles. The molecule has 134 valence electrons. The number of anilines is 1. The molecule has 4 nitrogen and oxygen atoms in total. The number of hydrogen-bond acceptors (Lipinski definition) is 3. The molecule has 0 spiro atoms. The highest BCUT2D eigenvalue weighted by Crippen LogP contribution is 2.27. The number of amides is 1. The average Bonchev–Trinajstić information content (AvgIpc) is 3.05. The minimum absolute atomic E-state index is 0.167. The molecule has 4 aromatic rings. The molecule has 1 aromatic heterocycles. The van der Waals surface area contributed by atoms with Crippen molar-refractivity contribution in [2.75, 3.05) is 5.32 Å². The molecule has 0 bridgehead atoms. The summed E-state index contributed by atoms with van der Waals surface area (Å²) in [6, 6.07) is 18.9.